The number of amides is 1. The summed E-state index contributed by atoms with van der Waals surface area (Å²) in [7, 11) is 0. The largest absolute Gasteiger partial charge is 0.449 e. The fourth-order valence-corrected chi connectivity index (χ4v) is 3.26. The van der Waals surface area contributed by atoms with Gasteiger partial charge in [0.25, 0.3) is 5.91 Å². The van der Waals surface area contributed by atoms with Crippen molar-refractivity contribution in [3.63, 3.8) is 0 Å². The maximum atomic E-state index is 12.7. The Morgan fingerprint density at radius 2 is 2.19 bits per heavy atom. The maximum absolute atomic E-state index is 12.7. The third kappa shape index (κ3) is 4.16. The van der Waals surface area contributed by atoms with Crippen LogP contribution in [0.4, 0.5) is 13.2 Å². The first-order chi connectivity index (χ1) is 12.4. The molecule has 1 fully saturated rings. The van der Waals surface area contributed by atoms with Gasteiger partial charge in [-0.25, -0.2) is 4.98 Å². The highest BCUT2D eigenvalue weighted by Gasteiger charge is 2.34. The molecule has 0 radical (unpaired) electrons. The number of carbonyl (C=O) groups excluding carboxylic acids is 1. The molecule has 0 bridgehead atoms. The molecule has 1 aliphatic heterocycles. The van der Waals surface area contributed by atoms with E-state index >= 15 is 0 Å². The summed E-state index contributed by atoms with van der Waals surface area (Å²) < 4.78 is 38.1. The number of likely N-dealkylation sites (tertiary alicyclic amines) is 1. The second-order valence-electron chi connectivity index (χ2n) is 6.44. The van der Waals surface area contributed by atoms with Crippen LogP contribution in [0, 0.1) is 0 Å². The van der Waals surface area contributed by atoms with Gasteiger partial charge in [0.2, 0.25) is 5.82 Å². The zero-order valence-electron chi connectivity index (χ0n) is 14.1. The van der Waals surface area contributed by atoms with Crippen LogP contribution >= 0.6 is 0 Å². The number of imidazole rings is 1. The van der Waals surface area contributed by atoms with E-state index in [0.29, 0.717) is 13.1 Å². The number of H-pyrrole nitrogens is 1. The summed E-state index contributed by atoms with van der Waals surface area (Å²) in [5.74, 6) is -1.43. The molecule has 1 saturated heterocycles. The lowest BCUT2D eigenvalue weighted by molar-refractivity contribution is -0.144. The van der Waals surface area contributed by atoms with E-state index in [2.05, 4.69) is 20.2 Å². The van der Waals surface area contributed by atoms with Crippen LogP contribution in [-0.4, -0.2) is 58.2 Å². The third-order valence-electron chi connectivity index (χ3n) is 4.66. The molecular weight excluding hydrogens is 349 g/mol. The summed E-state index contributed by atoms with van der Waals surface area (Å²) in [6.45, 7) is 2.03. The van der Waals surface area contributed by atoms with Gasteiger partial charge in [0.1, 0.15) is 0 Å². The van der Waals surface area contributed by atoms with Crippen molar-refractivity contribution < 1.29 is 23.1 Å². The summed E-state index contributed by atoms with van der Waals surface area (Å²) in [5.41, 5.74) is 0.599. The van der Waals surface area contributed by atoms with Gasteiger partial charge < -0.3 is 15.4 Å². The van der Waals surface area contributed by atoms with Gasteiger partial charge in [0, 0.05) is 24.7 Å². The number of carbonyl (C=O) groups is 1. The Morgan fingerprint density at radius 1 is 1.38 bits per heavy atom. The van der Waals surface area contributed by atoms with Gasteiger partial charge in [-0.2, -0.15) is 13.2 Å². The number of aromatic amines is 1. The minimum atomic E-state index is -4.56. The smallest absolute Gasteiger partial charge is 0.395 e. The van der Waals surface area contributed by atoms with E-state index in [0.717, 1.165) is 25.8 Å². The van der Waals surface area contributed by atoms with Crippen molar-refractivity contribution in [2.75, 3.05) is 26.2 Å². The summed E-state index contributed by atoms with van der Waals surface area (Å²) in [4.78, 5) is 20.1. The Kier molecular flexibility index (Phi) is 5.47. The van der Waals surface area contributed by atoms with E-state index in [1.54, 1.807) is 0 Å². The third-order valence-corrected chi connectivity index (χ3v) is 4.66. The molecule has 9 heteroatoms. The number of aromatic nitrogens is 2. The van der Waals surface area contributed by atoms with Gasteiger partial charge in [0.15, 0.2) is 0 Å². The summed E-state index contributed by atoms with van der Waals surface area (Å²) in [6, 6.07) is 4.34. The van der Waals surface area contributed by atoms with Gasteiger partial charge in [-0.05, 0) is 37.6 Å². The Labute approximate surface area is 148 Å². The van der Waals surface area contributed by atoms with Crippen molar-refractivity contribution in [3.8, 4) is 0 Å². The number of benzene rings is 1. The molecule has 0 spiro atoms. The molecule has 2 heterocycles. The van der Waals surface area contributed by atoms with Crippen molar-refractivity contribution >= 4 is 16.9 Å². The number of nitrogens with one attached hydrogen (secondary N) is 2. The molecule has 0 aliphatic carbocycles. The zero-order chi connectivity index (χ0) is 18.7. The van der Waals surface area contributed by atoms with Gasteiger partial charge in [0.05, 0.1) is 17.6 Å². The van der Waals surface area contributed by atoms with Crippen LogP contribution in [0.1, 0.15) is 35.4 Å². The second-order valence-corrected chi connectivity index (χ2v) is 6.44. The first-order valence-electron chi connectivity index (χ1n) is 8.58. The number of hydrogen-bond donors (Lipinski definition) is 3. The lowest BCUT2D eigenvalue weighted by Gasteiger charge is -2.34. The van der Waals surface area contributed by atoms with Crippen molar-refractivity contribution in [2.24, 2.45) is 0 Å². The van der Waals surface area contributed by atoms with Crippen LogP contribution in [0.15, 0.2) is 18.2 Å². The number of rotatable bonds is 5. The first-order valence-corrected chi connectivity index (χ1v) is 8.58. The van der Waals surface area contributed by atoms with Crippen molar-refractivity contribution in [1.29, 1.82) is 0 Å². The molecular formula is C17H21F3N4O2. The van der Waals surface area contributed by atoms with E-state index in [-0.39, 0.29) is 35.2 Å². The molecule has 1 atom stereocenters. The number of hydrogen-bond acceptors (Lipinski definition) is 4. The predicted octanol–water partition coefficient (Wildman–Crippen LogP) is 2.16. The molecule has 6 nitrogen and oxygen atoms in total. The highest BCUT2D eigenvalue weighted by Crippen LogP contribution is 2.28. The molecule has 3 rings (SSSR count). The monoisotopic (exact) mass is 370 g/mol. The summed E-state index contributed by atoms with van der Waals surface area (Å²) >= 11 is 0. The molecule has 26 heavy (non-hydrogen) atoms. The topological polar surface area (TPSA) is 81.2 Å². The second kappa shape index (κ2) is 7.63. The summed E-state index contributed by atoms with van der Waals surface area (Å²) in [6.07, 6.45) is -1.44. The number of fused-ring (bicyclic) bond motifs is 1. The van der Waals surface area contributed by atoms with E-state index in [1.165, 1.54) is 18.2 Å². The molecule has 142 valence electrons. The average Bonchev–Trinajstić information content (AvgIpc) is 3.05. The number of piperidine rings is 1. The highest BCUT2D eigenvalue weighted by atomic mass is 19.4. The van der Waals surface area contributed by atoms with E-state index in [4.69, 9.17) is 0 Å². The maximum Gasteiger partial charge on any atom is 0.449 e. The molecule has 1 aliphatic rings. The molecule has 2 aromatic rings. The number of aliphatic hydroxyl groups excluding tert-OH is 1. The number of nitrogens with zero attached hydrogens (tertiary/aromatic N) is 2. The van der Waals surface area contributed by atoms with E-state index < -0.39 is 12.0 Å². The van der Waals surface area contributed by atoms with Gasteiger partial charge >= 0.3 is 6.18 Å². The minimum Gasteiger partial charge on any atom is -0.395 e. The highest BCUT2D eigenvalue weighted by molar-refractivity contribution is 5.97. The Bertz CT molecular complexity index is 775. The van der Waals surface area contributed by atoms with Gasteiger partial charge in [-0.15, -0.1) is 0 Å². The number of aliphatic hydroxyl groups is 1. The van der Waals surface area contributed by atoms with Crippen molar-refractivity contribution in [3.05, 3.63) is 29.6 Å². The summed E-state index contributed by atoms with van der Waals surface area (Å²) in [5, 5.41) is 12.2. The van der Waals surface area contributed by atoms with Crippen LogP contribution in [0.5, 0.6) is 0 Å². The molecule has 0 unspecified atom stereocenters. The van der Waals surface area contributed by atoms with E-state index in [1.807, 2.05) is 0 Å². The Hall–Kier alpha value is -2.13. The zero-order valence-corrected chi connectivity index (χ0v) is 14.1. The Balaban J connectivity index is 1.60. The van der Waals surface area contributed by atoms with Crippen LogP contribution in [0.3, 0.4) is 0 Å². The SMILES string of the molecule is O=C(NCCN1CCCC[C@@H]1CO)c1ccc2nc(C(F)(F)F)[nH]c2c1. The molecule has 0 saturated carbocycles. The normalized spacial score (nSPS) is 19.0. The van der Waals surface area contributed by atoms with Crippen LogP contribution in [-0.2, 0) is 6.18 Å². The quantitative estimate of drug-likeness (QED) is 0.753. The average molecular weight is 370 g/mol. The van der Waals surface area contributed by atoms with Crippen LogP contribution in [0.2, 0.25) is 0 Å². The van der Waals surface area contributed by atoms with Gasteiger partial charge in [-0.3, -0.25) is 9.69 Å². The molecule has 1 amide bonds. The van der Waals surface area contributed by atoms with Crippen LogP contribution < -0.4 is 5.32 Å². The predicted molar refractivity (Wildman–Crippen MR) is 89.7 cm³/mol. The number of halogens is 3. The molecule has 3 N–H and O–H groups in total. The molecule has 1 aromatic carbocycles. The van der Waals surface area contributed by atoms with Crippen molar-refractivity contribution in [2.45, 2.75) is 31.5 Å². The van der Waals surface area contributed by atoms with Gasteiger partial charge in [-0.1, -0.05) is 6.42 Å². The fourth-order valence-electron chi connectivity index (χ4n) is 3.26. The standard InChI is InChI=1S/C17H21F3N4O2/c18-17(19,20)16-22-13-5-4-11(9-14(13)23-16)15(26)21-6-8-24-7-2-1-3-12(24)10-25/h4-5,9,12,25H,1-3,6-8,10H2,(H,21,26)(H,22,23)/t12-/m1/s1. The Morgan fingerprint density at radius 3 is 2.92 bits per heavy atom. The fraction of sp³-hybridized carbons (Fsp3) is 0.529. The van der Waals surface area contributed by atoms with Crippen molar-refractivity contribution in [1.82, 2.24) is 20.2 Å². The van der Waals surface area contributed by atoms with E-state index in [9.17, 15) is 23.1 Å². The lowest BCUT2D eigenvalue weighted by Crippen LogP contribution is -2.45. The molecule has 1 aromatic heterocycles. The van der Waals surface area contributed by atoms with Crippen LogP contribution in [0.25, 0.3) is 11.0 Å². The first kappa shape index (κ1) is 18.7. The lowest BCUT2D eigenvalue weighted by atomic mass is 10.0. The number of alkyl halides is 3. The minimum absolute atomic E-state index is 0.103.